The Morgan fingerprint density at radius 3 is 1.94 bits per heavy atom. The van der Waals surface area contributed by atoms with Crippen LogP contribution in [0.3, 0.4) is 0 Å². The molecule has 92 valence electrons. The molecular weight excluding hydrogens is 272 g/mol. The number of hydrogen-bond acceptors (Lipinski definition) is 6. The molecule has 3 rings (SSSR count). The van der Waals surface area contributed by atoms with Gasteiger partial charge in [-0.15, -0.1) is 0 Å². The Morgan fingerprint density at radius 1 is 0.667 bits per heavy atom. The first-order valence-corrected chi connectivity index (χ1v) is 6.66. The predicted octanol–water partition coefficient (Wildman–Crippen LogP) is 3.12. The minimum absolute atomic E-state index is 0.164. The summed E-state index contributed by atoms with van der Waals surface area (Å²) in [5.74, 6) is -0.713. The molecule has 0 spiro atoms. The summed E-state index contributed by atoms with van der Waals surface area (Å²) in [7, 11) is 0. The Morgan fingerprint density at radius 2 is 1.28 bits per heavy atom. The molecule has 2 aromatic rings. The van der Waals surface area contributed by atoms with Gasteiger partial charge in [-0.2, -0.15) is 0 Å². The van der Waals surface area contributed by atoms with E-state index in [0.717, 1.165) is 14.7 Å². The maximum absolute atomic E-state index is 9.80. The monoisotopic (exact) mass is 280 g/mol. The topological polar surface area (TPSA) is 80.9 Å². The first-order valence-electron chi connectivity index (χ1n) is 5.03. The summed E-state index contributed by atoms with van der Waals surface area (Å²) in [6.45, 7) is 0. The third-order valence-electron chi connectivity index (χ3n) is 2.55. The number of phenols is 4. The maximum atomic E-state index is 9.80. The van der Waals surface area contributed by atoms with Gasteiger partial charge in [-0.3, -0.25) is 0 Å². The molecule has 4 nitrogen and oxygen atoms in total. The number of phenolic OH excluding ortho intramolecular Hbond substituents is 4. The quantitative estimate of drug-likeness (QED) is 0.474. The predicted molar refractivity (Wildman–Crippen MR) is 67.8 cm³/mol. The number of benzene rings is 2. The zero-order valence-corrected chi connectivity index (χ0v) is 10.5. The van der Waals surface area contributed by atoms with Crippen LogP contribution in [0.25, 0.3) is 0 Å². The Balaban J connectivity index is 2.15. The van der Waals surface area contributed by atoms with Gasteiger partial charge in [0.1, 0.15) is 0 Å². The molecule has 4 N–H and O–H groups in total. The van der Waals surface area contributed by atoms with E-state index in [1.54, 1.807) is 6.07 Å². The Labute approximate surface area is 111 Å². The van der Waals surface area contributed by atoms with Crippen molar-refractivity contribution in [1.29, 1.82) is 0 Å². The van der Waals surface area contributed by atoms with Gasteiger partial charge in [0, 0.05) is 14.7 Å². The summed E-state index contributed by atoms with van der Waals surface area (Å²) in [4.78, 5) is 2.88. The van der Waals surface area contributed by atoms with Crippen LogP contribution in [0.5, 0.6) is 23.0 Å². The molecule has 0 bridgehead atoms. The number of aromatic hydroxyl groups is 4. The molecule has 1 aliphatic rings. The van der Waals surface area contributed by atoms with Crippen molar-refractivity contribution in [3.8, 4) is 23.0 Å². The Kier molecular flexibility index (Phi) is 2.49. The fraction of sp³-hybridized carbons (Fsp3) is 0. The molecule has 18 heavy (non-hydrogen) atoms. The molecule has 0 fully saturated rings. The van der Waals surface area contributed by atoms with E-state index in [2.05, 4.69) is 0 Å². The molecule has 0 saturated carbocycles. The van der Waals surface area contributed by atoms with Gasteiger partial charge in [0.15, 0.2) is 23.0 Å². The molecule has 2 aromatic carbocycles. The lowest BCUT2D eigenvalue weighted by Gasteiger charge is -2.19. The van der Waals surface area contributed by atoms with Crippen molar-refractivity contribution >= 4 is 23.5 Å². The summed E-state index contributed by atoms with van der Waals surface area (Å²) in [6.07, 6.45) is 0. The fourth-order valence-corrected chi connectivity index (χ4v) is 3.96. The van der Waals surface area contributed by atoms with Crippen LogP contribution in [0.2, 0.25) is 0 Å². The maximum Gasteiger partial charge on any atom is 0.172 e. The average Bonchev–Trinajstić information content (AvgIpc) is 2.34. The highest BCUT2D eigenvalue weighted by molar-refractivity contribution is 8.05. The van der Waals surface area contributed by atoms with Crippen LogP contribution < -0.4 is 0 Å². The van der Waals surface area contributed by atoms with E-state index >= 15 is 0 Å². The third kappa shape index (κ3) is 1.65. The van der Waals surface area contributed by atoms with Crippen molar-refractivity contribution < 1.29 is 20.4 Å². The molecule has 0 aliphatic carbocycles. The summed E-state index contributed by atoms with van der Waals surface area (Å²) in [5.41, 5.74) is 0. The van der Waals surface area contributed by atoms with E-state index in [1.807, 2.05) is 0 Å². The van der Waals surface area contributed by atoms with Crippen LogP contribution in [0.1, 0.15) is 0 Å². The SMILES string of the molecule is Oc1cc2c(cc1O)Sc1c(ccc(O)c1O)S2. The molecule has 1 heterocycles. The number of rotatable bonds is 0. The zero-order valence-electron chi connectivity index (χ0n) is 8.91. The van der Waals surface area contributed by atoms with E-state index in [-0.39, 0.29) is 23.0 Å². The van der Waals surface area contributed by atoms with E-state index in [4.69, 9.17) is 0 Å². The second kappa shape index (κ2) is 3.93. The molecule has 0 saturated heterocycles. The number of fused-ring (bicyclic) bond motifs is 2. The molecule has 0 amide bonds. The van der Waals surface area contributed by atoms with Crippen molar-refractivity contribution in [1.82, 2.24) is 0 Å². The molecule has 1 aliphatic heterocycles. The molecule has 0 unspecified atom stereocenters. The Bertz CT molecular complexity index is 655. The fourth-order valence-electron chi connectivity index (χ4n) is 1.65. The molecule has 6 heteroatoms. The highest BCUT2D eigenvalue weighted by Gasteiger charge is 2.23. The second-order valence-corrected chi connectivity index (χ2v) is 5.89. The van der Waals surface area contributed by atoms with Gasteiger partial charge >= 0.3 is 0 Å². The molecule has 0 aromatic heterocycles. The van der Waals surface area contributed by atoms with Crippen molar-refractivity contribution in [3.63, 3.8) is 0 Å². The minimum atomic E-state index is -0.204. The first kappa shape index (κ1) is 11.4. The Hall–Kier alpha value is -1.66. The lowest BCUT2D eigenvalue weighted by molar-refractivity contribution is 0.392. The van der Waals surface area contributed by atoms with Gasteiger partial charge in [0.2, 0.25) is 0 Å². The van der Waals surface area contributed by atoms with Gasteiger partial charge in [0.05, 0.1) is 4.90 Å². The molecular formula is C12H8O4S2. The van der Waals surface area contributed by atoms with E-state index < -0.39 is 0 Å². The summed E-state index contributed by atoms with van der Waals surface area (Å²) in [6, 6.07) is 6.05. The largest absolute Gasteiger partial charge is 0.504 e. The van der Waals surface area contributed by atoms with Crippen LogP contribution in [0.4, 0.5) is 0 Å². The van der Waals surface area contributed by atoms with Gasteiger partial charge in [-0.25, -0.2) is 0 Å². The smallest absolute Gasteiger partial charge is 0.172 e. The van der Waals surface area contributed by atoms with Crippen molar-refractivity contribution in [2.24, 2.45) is 0 Å². The van der Waals surface area contributed by atoms with Crippen molar-refractivity contribution in [3.05, 3.63) is 24.3 Å². The van der Waals surface area contributed by atoms with E-state index in [9.17, 15) is 20.4 Å². The zero-order chi connectivity index (χ0) is 12.9. The van der Waals surface area contributed by atoms with Gasteiger partial charge in [0.25, 0.3) is 0 Å². The molecule has 0 radical (unpaired) electrons. The number of hydrogen-bond donors (Lipinski definition) is 4. The highest BCUT2D eigenvalue weighted by atomic mass is 32.2. The van der Waals surface area contributed by atoms with Crippen LogP contribution in [0, 0.1) is 0 Å². The van der Waals surface area contributed by atoms with Crippen LogP contribution in [-0.2, 0) is 0 Å². The normalized spacial score (nSPS) is 12.9. The van der Waals surface area contributed by atoms with Gasteiger partial charge in [-0.05, 0) is 24.3 Å². The minimum Gasteiger partial charge on any atom is -0.504 e. The summed E-state index contributed by atoms with van der Waals surface area (Å²) < 4.78 is 0. The van der Waals surface area contributed by atoms with Crippen LogP contribution in [-0.4, -0.2) is 20.4 Å². The second-order valence-electron chi connectivity index (χ2n) is 3.75. The average molecular weight is 280 g/mol. The summed E-state index contributed by atoms with van der Waals surface area (Å²) in [5, 5.41) is 38.2. The van der Waals surface area contributed by atoms with Gasteiger partial charge in [-0.1, -0.05) is 23.5 Å². The summed E-state index contributed by atoms with van der Waals surface area (Å²) >= 11 is 2.61. The first-order chi connectivity index (χ1) is 8.56. The lowest BCUT2D eigenvalue weighted by Crippen LogP contribution is -1.90. The van der Waals surface area contributed by atoms with Crippen molar-refractivity contribution in [2.75, 3.05) is 0 Å². The van der Waals surface area contributed by atoms with Crippen LogP contribution in [0.15, 0.2) is 43.8 Å². The highest BCUT2D eigenvalue weighted by Crippen LogP contribution is 2.55. The van der Waals surface area contributed by atoms with Gasteiger partial charge < -0.3 is 20.4 Å². The molecule has 0 atom stereocenters. The standard InChI is InChI=1S/C12H8O4S2/c13-5-1-2-8-12(11(5)16)18-10-4-7(15)6(14)3-9(10)17-8/h1-4,13-16H. The van der Waals surface area contributed by atoms with Crippen molar-refractivity contribution in [2.45, 2.75) is 19.6 Å². The van der Waals surface area contributed by atoms with E-state index in [1.165, 1.54) is 41.7 Å². The van der Waals surface area contributed by atoms with E-state index in [0.29, 0.717) is 4.90 Å². The third-order valence-corrected chi connectivity index (χ3v) is 5.10. The lowest BCUT2D eigenvalue weighted by atomic mass is 10.3. The van der Waals surface area contributed by atoms with Crippen LogP contribution >= 0.6 is 23.5 Å².